The van der Waals surface area contributed by atoms with Gasteiger partial charge in [-0.3, -0.25) is 4.79 Å². The third-order valence-electron chi connectivity index (χ3n) is 3.36. The van der Waals surface area contributed by atoms with E-state index >= 15 is 0 Å². The van der Waals surface area contributed by atoms with Crippen molar-refractivity contribution in [2.75, 3.05) is 0 Å². The second-order valence-electron chi connectivity index (χ2n) is 5.14. The second kappa shape index (κ2) is 6.96. The van der Waals surface area contributed by atoms with Crippen molar-refractivity contribution in [2.45, 2.75) is 51.1 Å². The number of carboxylic acid groups (broad SMARTS) is 1. The standard InChI is InChI=1S/C12H21N3O4/c1-7-2-4-8(5-3-7)14-12(19)15-9(11(17)18)6-10(13)16/h7-9H,2-6H2,1H3,(H2,13,16)(H,17,18)(H2,14,15,19). The molecule has 0 aromatic carbocycles. The number of primary amides is 1. The number of nitrogens with one attached hydrogen (secondary N) is 2. The van der Waals surface area contributed by atoms with Gasteiger partial charge in [0.2, 0.25) is 5.91 Å². The Bertz CT molecular complexity index is 351. The van der Waals surface area contributed by atoms with Gasteiger partial charge in [0, 0.05) is 6.04 Å². The van der Waals surface area contributed by atoms with E-state index in [0.717, 1.165) is 25.7 Å². The minimum atomic E-state index is -1.28. The van der Waals surface area contributed by atoms with Crippen molar-refractivity contribution in [3.05, 3.63) is 0 Å². The van der Waals surface area contributed by atoms with Crippen molar-refractivity contribution in [3.8, 4) is 0 Å². The van der Waals surface area contributed by atoms with E-state index in [9.17, 15) is 14.4 Å². The van der Waals surface area contributed by atoms with E-state index in [-0.39, 0.29) is 6.04 Å². The van der Waals surface area contributed by atoms with Crippen LogP contribution in [0.1, 0.15) is 39.0 Å². The fraction of sp³-hybridized carbons (Fsp3) is 0.750. The normalized spacial score (nSPS) is 24.3. The molecule has 108 valence electrons. The van der Waals surface area contributed by atoms with Gasteiger partial charge in [0.1, 0.15) is 6.04 Å². The molecule has 1 rings (SSSR count). The summed E-state index contributed by atoms with van der Waals surface area (Å²) in [5.41, 5.74) is 4.93. The average Bonchev–Trinajstić information content (AvgIpc) is 2.30. The van der Waals surface area contributed by atoms with Gasteiger partial charge in [0.25, 0.3) is 0 Å². The Hall–Kier alpha value is -1.79. The van der Waals surface area contributed by atoms with Crippen LogP contribution in [0, 0.1) is 5.92 Å². The minimum Gasteiger partial charge on any atom is -0.480 e. The van der Waals surface area contributed by atoms with Crippen LogP contribution < -0.4 is 16.4 Å². The van der Waals surface area contributed by atoms with Crippen molar-refractivity contribution in [1.82, 2.24) is 10.6 Å². The quantitative estimate of drug-likeness (QED) is 0.570. The van der Waals surface area contributed by atoms with Gasteiger partial charge in [-0.05, 0) is 31.6 Å². The van der Waals surface area contributed by atoms with Crippen molar-refractivity contribution in [3.63, 3.8) is 0 Å². The van der Waals surface area contributed by atoms with Gasteiger partial charge in [-0.15, -0.1) is 0 Å². The Morgan fingerprint density at radius 1 is 1.26 bits per heavy atom. The molecule has 0 aromatic rings. The topological polar surface area (TPSA) is 122 Å². The Morgan fingerprint density at radius 3 is 2.32 bits per heavy atom. The molecular formula is C12H21N3O4. The number of carbonyl (C=O) groups excluding carboxylic acids is 2. The summed E-state index contributed by atoms with van der Waals surface area (Å²) in [4.78, 5) is 33.2. The lowest BCUT2D eigenvalue weighted by Gasteiger charge is -2.27. The molecule has 0 radical (unpaired) electrons. The predicted octanol–water partition coefficient (Wildman–Crippen LogP) is 0.193. The van der Waals surface area contributed by atoms with Crippen LogP contribution in [0.4, 0.5) is 4.79 Å². The second-order valence-corrected chi connectivity index (χ2v) is 5.14. The number of hydrogen-bond donors (Lipinski definition) is 4. The van der Waals surface area contributed by atoms with E-state index in [0.29, 0.717) is 5.92 Å². The highest BCUT2D eigenvalue weighted by atomic mass is 16.4. The number of carbonyl (C=O) groups is 3. The number of urea groups is 1. The summed E-state index contributed by atoms with van der Waals surface area (Å²) in [7, 11) is 0. The van der Waals surface area contributed by atoms with Gasteiger partial charge in [0.15, 0.2) is 0 Å². The van der Waals surface area contributed by atoms with E-state index < -0.39 is 30.4 Å². The number of carboxylic acids is 1. The smallest absolute Gasteiger partial charge is 0.326 e. The molecule has 0 aromatic heterocycles. The largest absolute Gasteiger partial charge is 0.480 e. The monoisotopic (exact) mass is 271 g/mol. The molecule has 1 unspecified atom stereocenters. The molecule has 5 N–H and O–H groups in total. The first-order chi connectivity index (χ1) is 8.88. The molecule has 7 nitrogen and oxygen atoms in total. The van der Waals surface area contributed by atoms with Gasteiger partial charge in [0.05, 0.1) is 6.42 Å². The van der Waals surface area contributed by atoms with Crippen LogP contribution in [0.2, 0.25) is 0 Å². The zero-order valence-electron chi connectivity index (χ0n) is 11.0. The summed E-state index contributed by atoms with van der Waals surface area (Å²) in [6.07, 6.45) is 3.47. The fourth-order valence-electron chi connectivity index (χ4n) is 2.19. The number of rotatable bonds is 5. The lowest BCUT2D eigenvalue weighted by molar-refractivity contribution is -0.140. The van der Waals surface area contributed by atoms with Crippen LogP contribution in [0.3, 0.4) is 0 Å². The summed E-state index contributed by atoms with van der Waals surface area (Å²) in [5.74, 6) is -1.37. The number of amides is 3. The Morgan fingerprint density at radius 2 is 1.84 bits per heavy atom. The lowest BCUT2D eigenvalue weighted by Crippen LogP contribution is -2.50. The number of nitrogens with two attached hydrogens (primary N) is 1. The summed E-state index contributed by atoms with van der Waals surface area (Å²) in [6, 6.07) is -1.77. The Kier molecular flexibility index (Phi) is 5.59. The van der Waals surface area contributed by atoms with Crippen LogP contribution >= 0.6 is 0 Å². The molecule has 0 aliphatic heterocycles. The SMILES string of the molecule is CC1CCC(NC(=O)NC(CC(N)=O)C(=O)O)CC1. The molecule has 1 saturated carbocycles. The molecule has 0 heterocycles. The minimum absolute atomic E-state index is 0.0687. The zero-order valence-corrected chi connectivity index (χ0v) is 11.0. The highest BCUT2D eigenvalue weighted by Gasteiger charge is 2.24. The van der Waals surface area contributed by atoms with Gasteiger partial charge in [-0.2, -0.15) is 0 Å². The average molecular weight is 271 g/mol. The molecule has 19 heavy (non-hydrogen) atoms. The third kappa shape index (κ3) is 5.58. The highest BCUT2D eigenvalue weighted by molar-refractivity contribution is 5.87. The summed E-state index contributed by atoms with van der Waals surface area (Å²) in [5, 5.41) is 13.8. The third-order valence-corrected chi connectivity index (χ3v) is 3.36. The number of aliphatic carboxylic acids is 1. The van der Waals surface area contributed by atoms with E-state index in [1.165, 1.54) is 0 Å². The fourth-order valence-corrected chi connectivity index (χ4v) is 2.19. The maximum absolute atomic E-state index is 11.7. The zero-order chi connectivity index (χ0) is 14.4. The maximum atomic E-state index is 11.7. The van der Waals surface area contributed by atoms with E-state index in [2.05, 4.69) is 17.6 Å². The van der Waals surface area contributed by atoms with Gasteiger partial charge in [-0.1, -0.05) is 6.92 Å². The van der Waals surface area contributed by atoms with Gasteiger partial charge >= 0.3 is 12.0 Å². The summed E-state index contributed by atoms with van der Waals surface area (Å²) < 4.78 is 0. The molecule has 0 bridgehead atoms. The van der Waals surface area contributed by atoms with Gasteiger partial charge < -0.3 is 21.5 Å². The molecule has 1 fully saturated rings. The predicted molar refractivity (Wildman–Crippen MR) is 68.3 cm³/mol. The molecule has 3 amide bonds. The molecule has 0 saturated heterocycles. The van der Waals surface area contributed by atoms with E-state index in [1.54, 1.807) is 0 Å². The summed E-state index contributed by atoms with van der Waals surface area (Å²) >= 11 is 0. The molecule has 1 atom stereocenters. The lowest BCUT2D eigenvalue weighted by atomic mass is 9.87. The van der Waals surface area contributed by atoms with Crippen LogP contribution in [-0.4, -0.2) is 35.1 Å². The van der Waals surface area contributed by atoms with Crippen molar-refractivity contribution >= 4 is 17.9 Å². The van der Waals surface area contributed by atoms with E-state index in [1.807, 2.05) is 0 Å². The molecule has 1 aliphatic rings. The highest BCUT2D eigenvalue weighted by Crippen LogP contribution is 2.23. The maximum Gasteiger partial charge on any atom is 0.326 e. The Balaban J connectivity index is 2.40. The van der Waals surface area contributed by atoms with E-state index in [4.69, 9.17) is 10.8 Å². The van der Waals surface area contributed by atoms with Crippen LogP contribution in [-0.2, 0) is 9.59 Å². The summed E-state index contributed by atoms with van der Waals surface area (Å²) in [6.45, 7) is 2.17. The van der Waals surface area contributed by atoms with Crippen LogP contribution in [0.25, 0.3) is 0 Å². The first-order valence-corrected chi connectivity index (χ1v) is 6.46. The molecule has 7 heteroatoms. The molecule has 1 aliphatic carbocycles. The van der Waals surface area contributed by atoms with Crippen LogP contribution in [0.15, 0.2) is 0 Å². The van der Waals surface area contributed by atoms with Crippen molar-refractivity contribution in [2.24, 2.45) is 11.7 Å². The van der Waals surface area contributed by atoms with Crippen molar-refractivity contribution < 1.29 is 19.5 Å². The first kappa shape index (κ1) is 15.3. The van der Waals surface area contributed by atoms with Crippen molar-refractivity contribution in [1.29, 1.82) is 0 Å². The van der Waals surface area contributed by atoms with Gasteiger partial charge in [-0.25, -0.2) is 9.59 Å². The molecule has 0 spiro atoms. The van der Waals surface area contributed by atoms with Crippen LogP contribution in [0.5, 0.6) is 0 Å². The first-order valence-electron chi connectivity index (χ1n) is 6.46. The number of hydrogen-bond acceptors (Lipinski definition) is 3. The molecular weight excluding hydrogens is 250 g/mol. The Labute approximate surface area is 111 Å².